The average molecular weight is 428 g/mol. The minimum absolute atomic E-state index is 0.128. The van der Waals surface area contributed by atoms with Crippen LogP contribution in [0.5, 0.6) is 0 Å². The van der Waals surface area contributed by atoms with Crippen LogP contribution in [-0.4, -0.2) is 67.8 Å². The van der Waals surface area contributed by atoms with Crippen molar-refractivity contribution in [1.82, 2.24) is 14.2 Å². The Morgan fingerprint density at radius 2 is 1.83 bits per heavy atom. The van der Waals surface area contributed by atoms with Crippen LogP contribution in [0, 0.1) is 11.3 Å². The fraction of sp³-hybridized carbons (Fsp3) is 0.381. The summed E-state index contributed by atoms with van der Waals surface area (Å²) in [5.41, 5.74) is 0.860. The average Bonchev–Trinajstić information content (AvgIpc) is 2.79. The molecule has 0 N–H and O–H groups in total. The maximum absolute atomic E-state index is 13.0. The summed E-state index contributed by atoms with van der Waals surface area (Å²) >= 11 is 0. The first-order valence-electron chi connectivity index (χ1n) is 9.92. The molecule has 8 nitrogen and oxygen atoms in total. The summed E-state index contributed by atoms with van der Waals surface area (Å²) in [4.78, 5) is 21.1. The SMILES string of the molecule is CCN(CC)S(=O)(=O)c1cccc(C(=O)N2CCN(c3ncccc3C#N)CC2)c1. The molecule has 30 heavy (non-hydrogen) atoms. The van der Waals surface area contributed by atoms with E-state index < -0.39 is 10.0 Å². The van der Waals surface area contributed by atoms with Crippen molar-refractivity contribution in [3.8, 4) is 6.07 Å². The Morgan fingerprint density at radius 3 is 2.47 bits per heavy atom. The monoisotopic (exact) mass is 427 g/mol. The zero-order valence-electron chi connectivity index (χ0n) is 17.2. The number of amides is 1. The number of piperazine rings is 1. The molecule has 0 saturated carbocycles. The highest BCUT2D eigenvalue weighted by molar-refractivity contribution is 7.89. The number of anilines is 1. The van der Waals surface area contributed by atoms with E-state index in [1.54, 1.807) is 49.2 Å². The summed E-state index contributed by atoms with van der Waals surface area (Å²) in [7, 11) is -3.62. The molecule has 0 radical (unpaired) electrons. The van der Waals surface area contributed by atoms with Crippen LogP contribution in [0.1, 0.15) is 29.8 Å². The van der Waals surface area contributed by atoms with Crippen molar-refractivity contribution in [3.63, 3.8) is 0 Å². The van der Waals surface area contributed by atoms with E-state index in [-0.39, 0.29) is 10.8 Å². The third kappa shape index (κ3) is 4.30. The van der Waals surface area contributed by atoms with Gasteiger partial charge in [0.05, 0.1) is 10.5 Å². The number of benzene rings is 1. The molecule has 3 rings (SSSR count). The molecule has 2 heterocycles. The van der Waals surface area contributed by atoms with Gasteiger partial charge in [-0.2, -0.15) is 9.57 Å². The first-order chi connectivity index (χ1) is 14.4. The normalized spacial score (nSPS) is 14.6. The lowest BCUT2D eigenvalue weighted by molar-refractivity contribution is 0.0746. The maximum Gasteiger partial charge on any atom is 0.254 e. The van der Waals surface area contributed by atoms with Gasteiger partial charge in [0.2, 0.25) is 10.0 Å². The van der Waals surface area contributed by atoms with Crippen LogP contribution in [0.15, 0.2) is 47.5 Å². The van der Waals surface area contributed by atoms with Crippen LogP contribution in [0.4, 0.5) is 5.82 Å². The molecule has 1 aromatic carbocycles. The van der Waals surface area contributed by atoms with Gasteiger partial charge in [-0.05, 0) is 30.3 Å². The van der Waals surface area contributed by atoms with Gasteiger partial charge in [-0.1, -0.05) is 19.9 Å². The van der Waals surface area contributed by atoms with Crippen molar-refractivity contribution in [1.29, 1.82) is 5.26 Å². The number of nitriles is 1. The minimum atomic E-state index is -3.62. The van der Waals surface area contributed by atoms with Crippen LogP contribution in [0.2, 0.25) is 0 Å². The first-order valence-corrected chi connectivity index (χ1v) is 11.4. The molecule has 158 valence electrons. The lowest BCUT2D eigenvalue weighted by atomic mass is 10.1. The number of pyridine rings is 1. The predicted octanol–water partition coefficient (Wildman–Crippen LogP) is 1.95. The topological polar surface area (TPSA) is 97.6 Å². The summed E-state index contributed by atoms with van der Waals surface area (Å²) in [6, 6.07) is 11.8. The lowest BCUT2D eigenvalue weighted by Crippen LogP contribution is -2.49. The van der Waals surface area contributed by atoms with Crippen LogP contribution in [-0.2, 0) is 10.0 Å². The van der Waals surface area contributed by atoms with E-state index in [0.717, 1.165) is 0 Å². The Kier molecular flexibility index (Phi) is 6.70. The van der Waals surface area contributed by atoms with E-state index in [1.165, 1.54) is 16.4 Å². The Hall–Kier alpha value is -2.96. The number of aromatic nitrogens is 1. The van der Waals surface area contributed by atoms with Crippen LogP contribution < -0.4 is 4.90 Å². The number of hydrogen-bond acceptors (Lipinski definition) is 6. The third-order valence-electron chi connectivity index (χ3n) is 5.20. The molecule has 1 fully saturated rings. The van der Waals surface area contributed by atoms with E-state index in [0.29, 0.717) is 56.2 Å². The van der Waals surface area contributed by atoms with Gasteiger partial charge in [0.25, 0.3) is 5.91 Å². The molecule has 0 aliphatic carbocycles. The summed E-state index contributed by atoms with van der Waals surface area (Å²) in [6.45, 7) is 6.35. The molecule has 1 aliphatic rings. The molecule has 0 spiro atoms. The van der Waals surface area contributed by atoms with Crippen LogP contribution in [0.3, 0.4) is 0 Å². The Morgan fingerprint density at radius 1 is 1.13 bits per heavy atom. The maximum atomic E-state index is 13.0. The molecule has 0 bridgehead atoms. The molecule has 9 heteroatoms. The van der Waals surface area contributed by atoms with Crippen molar-refractivity contribution in [2.75, 3.05) is 44.2 Å². The molecular formula is C21H25N5O3S. The second-order valence-corrected chi connectivity index (χ2v) is 8.82. The van der Waals surface area contributed by atoms with E-state index in [2.05, 4.69) is 11.1 Å². The molecule has 0 atom stereocenters. The summed E-state index contributed by atoms with van der Waals surface area (Å²) in [5, 5.41) is 9.27. The quantitative estimate of drug-likeness (QED) is 0.699. The number of nitrogens with zero attached hydrogens (tertiary/aromatic N) is 5. The highest BCUT2D eigenvalue weighted by Gasteiger charge is 2.26. The number of carbonyl (C=O) groups is 1. The molecule has 0 unspecified atom stereocenters. The van der Waals surface area contributed by atoms with Crippen LogP contribution in [0.25, 0.3) is 0 Å². The number of hydrogen-bond donors (Lipinski definition) is 0. The van der Waals surface area contributed by atoms with E-state index in [9.17, 15) is 18.5 Å². The third-order valence-corrected chi connectivity index (χ3v) is 7.24. The zero-order valence-corrected chi connectivity index (χ0v) is 18.0. The first kappa shape index (κ1) is 21.7. The van der Waals surface area contributed by atoms with Gasteiger partial charge < -0.3 is 9.80 Å². The molecular weight excluding hydrogens is 402 g/mol. The molecule has 1 amide bonds. The highest BCUT2D eigenvalue weighted by Crippen LogP contribution is 2.21. The molecule has 2 aromatic rings. The second-order valence-electron chi connectivity index (χ2n) is 6.88. The minimum Gasteiger partial charge on any atom is -0.352 e. The molecule has 1 aromatic heterocycles. The standard InChI is InChI=1S/C21H25N5O3S/c1-3-26(4-2)30(28,29)19-9-5-7-17(15-19)21(27)25-13-11-24(12-14-25)20-18(16-22)8-6-10-23-20/h5-10,15H,3-4,11-14H2,1-2H3. The number of rotatable bonds is 6. The van der Waals surface area contributed by atoms with Gasteiger partial charge in [0.15, 0.2) is 0 Å². The van der Waals surface area contributed by atoms with Gasteiger partial charge in [0, 0.05) is 51.0 Å². The van der Waals surface area contributed by atoms with Crippen molar-refractivity contribution in [2.24, 2.45) is 0 Å². The summed E-state index contributed by atoms with van der Waals surface area (Å²) in [5.74, 6) is 0.423. The Bertz CT molecular complexity index is 1050. The van der Waals surface area contributed by atoms with Crippen molar-refractivity contribution in [2.45, 2.75) is 18.7 Å². The van der Waals surface area contributed by atoms with E-state index in [4.69, 9.17) is 0 Å². The smallest absolute Gasteiger partial charge is 0.254 e. The van der Waals surface area contributed by atoms with Gasteiger partial charge in [-0.15, -0.1) is 0 Å². The van der Waals surface area contributed by atoms with Crippen molar-refractivity contribution < 1.29 is 13.2 Å². The summed E-state index contributed by atoms with van der Waals surface area (Å²) < 4.78 is 26.9. The highest BCUT2D eigenvalue weighted by atomic mass is 32.2. The van der Waals surface area contributed by atoms with Crippen LogP contribution >= 0.6 is 0 Å². The number of sulfonamides is 1. The second kappa shape index (κ2) is 9.24. The molecule has 1 saturated heterocycles. The predicted molar refractivity (Wildman–Crippen MR) is 114 cm³/mol. The molecule has 1 aliphatic heterocycles. The fourth-order valence-electron chi connectivity index (χ4n) is 3.54. The van der Waals surface area contributed by atoms with Gasteiger partial charge in [0.1, 0.15) is 11.9 Å². The van der Waals surface area contributed by atoms with Crippen molar-refractivity contribution >= 4 is 21.7 Å². The largest absolute Gasteiger partial charge is 0.352 e. The van der Waals surface area contributed by atoms with E-state index in [1.807, 2.05) is 4.90 Å². The fourth-order valence-corrected chi connectivity index (χ4v) is 5.05. The van der Waals surface area contributed by atoms with Crippen molar-refractivity contribution in [3.05, 3.63) is 53.7 Å². The van der Waals surface area contributed by atoms with E-state index >= 15 is 0 Å². The Balaban J connectivity index is 1.74. The van der Waals surface area contributed by atoms with Gasteiger partial charge in [-0.25, -0.2) is 13.4 Å². The number of carbonyl (C=O) groups excluding carboxylic acids is 1. The van der Waals surface area contributed by atoms with Gasteiger partial charge in [-0.3, -0.25) is 4.79 Å². The Labute approximate surface area is 177 Å². The van der Waals surface area contributed by atoms with Gasteiger partial charge >= 0.3 is 0 Å². The summed E-state index contributed by atoms with van der Waals surface area (Å²) in [6.07, 6.45) is 1.65. The lowest BCUT2D eigenvalue weighted by Gasteiger charge is -2.35. The zero-order chi connectivity index (χ0) is 21.7.